The van der Waals surface area contributed by atoms with Crippen LogP contribution in [0.3, 0.4) is 0 Å². The van der Waals surface area contributed by atoms with Crippen LogP contribution in [-0.4, -0.2) is 11.0 Å². The van der Waals surface area contributed by atoms with Crippen LogP contribution < -0.4 is 10.1 Å². The lowest BCUT2D eigenvalue weighted by Gasteiger charge is -2.07. The van der Waals surface area contributed by atoms with Gasteiger partial charge in [-0.25, -0.2) is 0 Å². The average Bonchev–Trinajstić information content (AvgIpc) is 3.24. The summed E-state index contributed by atoms with van der Waals surface area (Å²) in [5.41, 5.74) is 1.16. The molecule has 1 aromatic heterocycles. The highest BCUT2D eigenvalue weighted by molar-refractivity contribution is 14.1. The fourth-order valence-electron chi connectivity index (χ4n) is 1.80. The Morgan fingerprint density at radius 2 is 1.95 bits per heavy atom. The smallest absolute Gasteiger partial charge is 0.146 e. The third kappa shape index (κ3) is 3.91. The first-order chi connectivity index (χ1) is 9.29. The number of nitrogens with zero attached hydrogens (tertiary/aromatic N) is 1. The van der Waals surface area contributed by atoms with Crippen molar-refractivity contribution in [1.82, 2.24) is 10.3 Å². The normalized spacial score (nSPS) is 14.4. The van der Waals surface area contributed by atoms with E-state index in [4.69, 9.17) is 4.74 Å². The highest BCUT2D eigenvalue weighted by Crippen LogP contribution is 2.23. The van der Waals surface area contributed by atoms with Gasteiger partial charge in [0.1, 0.15) is 11.5 Å². The molecule has 19 heavy (non-hydrogen) atoms. The topological polar surface area (TPSA) is 34.1 Å². The van der Waals surface area contributed by atoms with Crippen molar-refractivity contribution < 1.29 is 4.74 Å². The van der Waals surface area contributed by atoms with Gasteiger partial charge in [0.2, 0.25) is 0 Å². The van der Waals surface area contributed by atoms with Crippen LogP contribution in [-0.2, 0) is 6.54 Å². The van der Waals surface area contributed by atoms with Crippen LogP contribution in [0, 0.1) is 3.57 Å². The molecule has 0 amide bonds. The summed E-state index contributed by atoms with van der Waals surface area (Å²) in [6.45, 7) is 0.863. The first-order valence-electron chi connectivity index (χ1n) is 6.40. The summed E-state index contributed by atoms with van der Waals surface area (Å²) in [6.07, 6.45) is 6.23. The van der Waals surface area contributed by atoms with Gasteiger partial charge in [-0.05, 0) is 71.3 Å². The van der Waals surface area contributed by atoms with E-state index >= 15 is 0 Å². The molecule has 0 spiro atoms. The number of hydrogen-bond acceptors (Lipinski definition) is 3. The minimum Gasteiger partial charge on any atom is -0.456 e. The zero-order valence-electron chi connectivity index (χ0n) is 10.5. The zero-order valence-corrected chi connectivity index (χ0v) is 12.6. The Bertz CT molecular complexity index is 552. The molecule has 0 unspecified atom stereocenters. The molecule has 1 N–H and O–H groups in total. The minimum atomic E-state index is 0.709. The Kier molecular flexibility index (Phi) is 3.98. The van der Waals surface area contributed by atoms with Crippen LogP contribution in [0.4, 0.5) is 0 Å². The monoisotopic (exact) mass is 366 g/mol. The lowest BCUT2D eigenvalue weighted by Crippen LogP contribution is -2.15. The van der Waals surface area contributed by atoms with Crippen molar-refractivity contribution in [2.24, 2.45) is 0 Å². The maximum Gasteiger partial charge on any atom is 0.146 e. The molecule has 0 aliphatic heterocycles. The Hall–Kier alpha value is -1.14. The molecule has 1 aliphatic carbocycles. The molecule has 3 rings (SSSR count). The summed E-state index contributed by atoms with van der Waals surface area (Å²) in [4.78, 5) is 4.23. The number of hydrogen-bond donors (Lipinski definition) is 1. The predicted octanol–water partition coefficient (Wildman–Crippen LogP) is 3.73. The van der Waals surface area contributed by atoms with Crippen LogP contribution in [0.2, 0.25) is 0 Å². The molecule has 1 fully saturated rings. The molecule has 0 atom stereocenters. The number of rotatable bonds is 5. The Balaban J connectivity index is 1.66. The summed E-state index contributed by atoms with van der Waals surface area (Å²) in [6, 6.07) is 10.7. The van der Waals surface area contributed by atoms with Crippen LogP contribution in [0.25, 0.3) is 0 Å². The van der Waals surface area contributed by atoms with Gasteiger partial charge in [-0.15, -0.1) is 0 Å². The van der Waals surface area contributed by atoms with Gasteiger partial charge in [-0.3, -0.25) is 4.98 Å². The fraction of sp³-hybridized carbons (Fsp3) is 0.267. The number of ether oxygens (including phenoxy) is 1. The van der Waals surface area contributed by atoms with E-state index in [0.717, 1.165) is 23.6 Å². The SMILES string of the molecule is Ic1ccc(Oc2cncc(CNC3CC3)c2)cc1. The second-order valence-electron chi connectivity index (χ2n) is 4.74. The number of nitrogens with one attached hydrogen (secondary N) is 1. The van der Waals surface area contributed by atoms with Gasteiger partial charge >= 0.3 is 0 Å². The van der Waals surface area contributed by atoms with Gasteiger partial charge in [0.25, 0.3) is 0 Å². The Morgan fingerprint density at radius 3 is 2.68 bits per heavy atom. The van der Waals surface area contributed by atoms with Crippen molar-refractivity contribution in [1.29, 1.82) is 0 Å². The first kappa shape index (κ1) is 12.9. The molecule has 4 heteroatoms. The lowest BCUT2D eigenvalue weighted by atomic mass is 10.2. The molecule has 2 aromatic rings. The summed E-state index contributed by atoms with van der Waals surface area (Å²) in [5, 5.41) is 3.47. The van der Waals surface area contributed by atoms with Crippen molar-refractivity contribution in [3.8, 4) is 11.5 Å². The minimum absolute atomic E-state index is 0.709. The number of aromatic nitrogens is 1. The van der Waals surface area contributed by atoms with E-state index in [2.05, 4.69) is 32.9 Å². The number of pyridine rings is 1. The highest BCUT2D eigenvalue weighted by atomic mass is 127. The third-order valence-corrected chi connectivity index (χ3v) is 3.71. The van der Waals surface area contributed by atoms with Crippen LogP contribution in [0.15, 0.2) is 42.7 Å². The van der Waals surface area contributed by atoms with Crippen molar-refractivity contribution in [3.05, 3.63) is 51.9 Å². The number of benzene rings is 1. The van der Waals surface area contributed by atoms with Crippen LogP contribution in [0.1, 0.15) is 18.4 Å². The van der Waals surface area contributed by atoms with Gasteiger partial charge in [0.05, 0.1) is 6.20 Å². The summed E-state index contributed by atoms with van der Waals surface area (Å²) >= 11 is 2.28. The summed E-state index contributed by atoms with van der Waals surface area (Å²) in [7, 11) is 0. The number of halogens is 1. The van der Waals surface area contributed by atoms with Crippen LogP contribution in [0.5, 0.6) is 11.5 Å². The molecular weight excluding hydrogens is 351 g/mol. The Morgan fingerprint density at radius 1 is 1.16 bits per heavy atom. The van der Waals surface area contributed by atoms with E-state index in [1.807, 2.05) is 36.5 Å². The molecule has 1 heterocycles. The van der Waals surface area contributed by atoms with Gasteiger partial charge < -0.3 is 10.1 Å². The maximum atomic E-state index is 5.80. The second-order valence-corrected chi connectivity index (χ2v) is 5.99. The third-order valence-electron chi connectivity index (χ3n) is 2.99. The molecule has 3 nitrogen and oxygen atoms in total. The standard InChI is InChI=1S/C15H15IN2O/c16-12-1-5-14(6-2-12)19-15-7-11(8-17-10-15)9-18-13-3-4-13/h1-2,5-8,10,13,18H,3-4,9H2. The van der Waals surface area contributed by atoms with E-state index in [0.29, 0.717) is 6.04 Å². The maximum absolute atomic E-state index is 5.80. The largest absolute Gasteiger partial charge is 0.456 e. The van der Waals surface area contributed by atoms with E-state index in [-0.39, 0.29) is 0 Å². The quantitative estimate of drug-likeness (QED) is 0.819. The van der Waals surface area contributed by atoms with E-state index in [1.54, 1.807) is 6.20 Å². The highest BCUT2D eigenvalue weighted by Gasteiger charge is 2.19. The summed E-state index contributed by atoms with van der Waals surface area (Å²) in [5.74, 6) is 1.63. The first-order valence-corrected chi connectivity index (χ1v) is 7.48. The predicted molar refractivity (Wildman–Crippen MR) is 83.3 cm³/mol. The molecule has 1 saturated carbocycles. The van der Waals surface area contributed by atoms with Gasteiger partial charge in [-0.2, -0.15) is 0 Å². The molecule has 0 bridgehead atoms. The lowest BCUT2D eigenvalue weighted by molar-refractivity contribution is 0.478. The van der Waals surface area contributed by atoms with Crippen molar-refractivity contribution in [3.63, 3.8) is 0 Å². The molecule has 0 radical (unpaired) electrons. The van der Waals surface area contributed by atoms with Gasteiger partial charge in [-0.1, -0.05) is 0 Å². The molecule has 98 valence electrons. The van der Waals surface area contributed by atoms with Crippen LogP contribution >= 0.6 is 22.6 Å². The second kappa shape index (κ2) is 5.88. The Labute approximate surface area is 126 Å². The van der Waals surface area contributed by atoms with E-state index < -0.39 is 0 Å². The summed E-state index contributed by atoms with van der Waals surface area (Å²) < 4.78 is 7.00. The average molecular weight is 366 g/mol. The van der Waals surface area contributed by atoms with Gasteiger partial charge in [0, 0.05) is 22.4 Å². The van der Waals surface area contributed by atoms with Crippen molar-refractivity contribution in [2.45, 2.75) is 25.4 Å². The molecule has 0 saturated heterocycles. The molecule has 1 aliphatic rings. The molecule has 1 aromatic carbocycles. The van der Waals surface area contributed by atoms with E-state index in [1.165, 1.54) is 16.4 Å². The molecular formula is C15H15IN2O. The van der Waals surface area contributed by atoms with Crippen molar-refractivity contribution >= 4 is 22.6 Å². The van der Waals surface area contributed by atoms with Crippen molar-refractivity contribution in [2.75, 3.05) is 0 Å². The fourth-order valence-corrected chi connectivity index (χ4v) is 2.16. The zero-order chi connectivity index (χ0) is 13.1. The van der Waals surface area contributed by atoms with E-state index in [9.17, 15) is 0 Å². The van der Waals surface area contributed by atoms with Gasteiger partial charge in [0.15, 0.2) is 0 Å².